The van der Waals surface area contributed by atoms with Crippen molar-refractivity contribution in [2.45, 2.75) is 26.4 Å². The van der Waals surface area contributed by atoms with Crippen molar-refractivity contribution in [3.63, 3.8) is 0 Å². The summed E-state index contributed by atoms with van der Waals surface area (Å²) in [6, 6.07) is 0. The number of rotatable bonds is 2. The van der Waals surface area contributed by atoms with Gasteiger partial charge in [-0.1, -0.05) is 6.92 Å². The molecular weight excluding hydrogens is 218 g/mol. The number of nitrogen functional groups attached to an aromatic ring is 1. The Morgan fingerprint density at radius 2 is 2.35 bits per heavy atom. The molecule has 0 saturated carbocycles. The molecule has 17 heavy (non-hydrogen) atoms. The highest BCUT2D eigenvalue weighted by molar-refractivity contribution is 5.49. The SMILES string of the molecule is Cc1cnc(NN)nc1N1CCC(O)C(C)C1. The summed E-state index contributed by atoms with van der Waals surface area (Å²) in [5.74, 6) is 6.89. The van der Waals surface area contributed by atoms with Crippen molar-refractivity contribution in [2.75, 3.05) is 23.4 Å². The van der Waals surface area contributed by atoms with E-state index in [0.29, 0.717) is 5.95 Å². The first-order valence-corrected chi connectivity index (χ1v) is 5.85. The van der Waals surface area contributed by atoms with Crippen molar-refractivity contribution in [2.24, 2.45) is 11.8 Å². The lowest BCUT2D eigenvalue weighted by molar-refractivity contribution is 0.0968. The first-order valence-electron chi connectivity index (χ1n) is 5.85. The lowest BCUT2D eigenvalue weighted by atomic mass is 9.96. The van der Waals surface area contributed by atoms with Crippen molar-refractivity contribution in [3.05, 3.63) is 11.8 Å². The predicted molar refractivity (Wildman–Crippen MR) is 66.6 cm³/mol. The fourth-order valence-electron chi connectivity index (χ4n) is 2.15. The van der Waals surface area contributed by atoms with Crippen LogP contribution < -0.4 is 16.2 Å². The molecule has 1 aliphatic rings. The van der Waals surface area contributed by atoms with Crippen LogP contribution in [-0.2, 0) is 0 Å². The average Bonchev–Trinajstić information content (AvgIpc) is 2.33. The van der Waals surface area contributed by atoms with Gasteiger partial charge in [0.25, 0.3) is 0 Å². The second-order valence-corrected chi connectivity index (χ2v) is 4.62. The van der Waals surface area contributed by atoms with Crippen LogP contribution in [0.1, 0.15) is 18.9 Å². The number of nitrogens with one attached hydrogen (secondary N) is 1. The standard InChI is InChI=1S/C11H19N5O/c1-7-5-13-11(15-12)14-10(7)16-4-3-9(17)8(2)6-16/h5,8-9,17H,3-4,6,12H2,1-2H3,(H,13,14,15). The van der Waals surface area contributed by atoms with E-state index in [4.69, 9.17) is 5.84 Å². The van der Waals surface area contributed by atoms with Crippen LogP contribution in [0, 0.1) is 12.8 Å². The minimum atomic E-state index is -0.208. The quantitative estimate of drug-likeness (QED) is 0.506. The summed E-state index contributed by atoms with van der Waals surface area (Å²) in [5, 5.41) is 9.72. The molecule has 0 radical (unpaired) electrons. The molecule has 0 aliphatic carbocycles. The molecule has 1 aromatic rings. The third kappa shape index (κ3) is 2.48. The van der Waals surface area contributed by atoms with Gasteiger partial charge in [-0.15, -0.1) is 0 Å². The molecular formula is C11H19N5O. The van der Waals surface area contributed by atoms with Crippen molar-refractivity contribution in [1.29, 1.82) is 0 Å². The molecule has 94 valence electrons. The van der Waals surface area contributed by atoms with E-state index < -0.39 is 0 Å². The van der Waals surface area contributed by atoms with E-state index in [9.17, 15) is 5.11 Å². The molecule has 0 spiro atoms. The molecule has 6 heteroatoms. The van der Waals surface area contributed by atoms with E-state index in [0.717, 1.165) is 30.9 Å². The molecule has 0 amide bonds. The number of piperidine rings is 1. The highest BCUT2D eigenvalue weighted by atomic mass is 16.3. The number of anilines is 2. The molecule has 2 atom stereocenters. The van der Waals surface area contributed by atoms with Gasteiger partial charge in [0.05, 0.1) is 6.10 Å². The average molecular weight is 237 g/mol. The van der Waals surface area contributed by atoms with Crippen LogP contribution in [0.25, 0.3) is 0 Å². The summed E-state index contributed by atoms with van der Waals surface area (Å²) >= 11 is 0. The van der Waals surface area contributed by atoms with Gasteiger partial charge in [-0.05, 0) is 19.3 Å². The number of nitrogens with two attached hydrogens (primary N) is 1. The molecule has 2 unspecified atom stereocenters. The minimum absolute atomic E-state index is 0.208. The Morgan fingerprint density at radius 1 is 1.59 bits per heavy atom. The molecule has 0 aromatic carbocycles. The van der Waals surface area contributed by atoms with Gasteiger partial charge in [0.2, 0.25) is 5.95 Å². The second-order valence-electron chi connectivity index (χ2n) is 4.62. The maximum absolute atomic E-state index is 9.72. The maximum atomic E-state index is 9.72. The molecule has 4 N–H and O–H groups in total. The maximum Gasteiger partial charge on any atom is 0.239 e. The Kier molecular flexibility index (Phi) is 3.44. The second kappa shape index (κ2) is 4.85. The van der Waals surface area contributed by atoms with Crippen LogP contribution >= 0.6 is 0 Å². The van der Waals surface area contributed by atoms with Crippen molar-refractivity contribution in [3.8, 4) is 0 Å². The highest BCUT2D eigenvalue weighted by Gasteiger charge is 2.25. The molecule has 1 aliphatic heterocycles. The topological polar surface area (TPSA) is 87.3 Å². The first-order chi connectivity index (χ1) is 8.11. The molecule has 2 rings (SSSR count). The molecule has 1 aromatic heterocycles. The smallest absolute Gasteiger partial charge is 0.239 e. The van der Waals surface area contributed by atoms with Crippen molar-refractivity contribution >= 4 is 11.8 Å². The Balaban J connectivity index is 2.21. The molecule has 1 fully saturated rings. The lowest BCUT2D eigenvalue weighted by Crippen LogP contribution is -2.42. The zero-order valence-electron chi connectivity index (χ0n) is 10.2. The first kappa shape index (κ1) is 12.1. The Labute approximate surface area is 101 Å². The van der Waals surface area contributed by atoms with Gasteiger partial charge in [0.1, 0.15) is 5.82 Å². The van der Waals surface area contributed by atoms with E-state index in [1.165, 1.54) is 0 Å². The number of hydrazine groups is 1. The van der Waals surface area contributed by atoms with E-state index >= 15 is 0 Å². The summed E-state index contributed by atoms with van der Waals surface area (Å²) in [6.07, 6.45) is 2.32. The van der Waals surface area contributed by atoms with E-state index in [1.54, 1.807) is 6.20 Å². The Bertz CT molecular complexity index is 397. The van der Waals surface area contributed by atoms with E-state index in [1.807, 2.05) is 6.92 Å². The molecule has 2 heterocycles. The normalized spacial score (nSPS) is 24.8. The lowest BCUT2D eigenvalue weighted by Gasteiger charge is -2.35. The number of hydrogen-bond acceptors (Lipinski definition) is 6. The summed E-state index contributed by atoms with van der Waals surface area (Å²) in [5.41, 5.74) is 3.48. The van der Waals surface area contributed by atoms with Crippen molar-refractivity contribution < 1.29 is 5.11 Å². The predicted octanol–water partition coefficient (Wildman–Crippen LogP) is 0.278. The van der Waals surface area contributed by atoms with E-state index in [2.05, 4.69) is 27.2 Å². The molecule has 1 saturated heterocycles. The summed E-state index contributed by atoms with van der Waals surface area (Å²) in [7, 11) is 0. The largest absolute Gasteiger partial charge is 0.393 e. The summed E-state index contributed by atoms with van der Waals surface area (Å²) in [4.78, 5) is 10.6. The summed E-state index contributed by atoms with van der Waals surface area (Å²) in [6.45, 7) is 5.65. The molecule has 6 nitrogen and oxygen atoms in total. The van der Waals surface area contributed by atoms with Crippen LogP contribution in [0.5, 0.6) is 0 Å². The fraction of sp³-hybridized carbons (Fsp3) is 0.636. The van der Waals surface area contributed by atoms with Crippen LogP contribution in [0.15, 0.2) is 6.20 Å². The van der Waals surface area contributed by atoms with Gasteiger partial charge < -0.3 is 10.0 Å². The van der Waals surface area contributed by atoms with Crippen LogP contribution in [0.3, 0.4) is 0 Å². The van der Waals surface area contributed by atoms with Gasteiger partial charge in [-0.2, -0.15) is 4.98 Å². The van der Waals surface area contributed by atoms with Crippen molar-refractivity contribution in [1.82, 2.24) is 9.97 Å². The summed E-state index contributed by atoms with van der Waals surface area (Å²) < 4.78 is 0. The Morgan fingerprint density at radius 3 is 3.00 bits per heavy atom. The van der Waals surface area contributed by atoms with Gasteiger partial charge >= 0.3 is 0 Å². The van der Waals surface area contributed by atoms with Crippen LogP contribution in [-0.4, -0.2) is 34.3 Å². The molecule has 0 bridgehead atoms. The monoisotopic (exact) mass is 237 g/mol. The van der Waals surface area contributed by atoms with Crippen LogP contribution in [0.2, 0.25) is 0 Å². The number of nitrogens with zero attached hydrogens (tertiary/aromatic N) is 3. The third-order valence-corrected chi connectivity index (χ3v) is 3.23. The zero-order valence-corrected chi connectivity index (χ0v) is 10.2. The number of aliphatic hydroxyl groups excluding tert-OH is 1. The van der Waals surface area contributed by atoms with Gasteiger partial charge in [0.15, 0.2) is 0 Å². The Hall–Kier alpha value is -1.40. The number of aryl methyl sites for hydroxylation is 1. The van der Waals surface area contributed by atoms with Gasteiger partial charge in [0, 0.05) is 24.8 Å². The highest BCUT2D eigenvalue weighted by Crippen LogP contribution is 2.24. The zero-order chi connectivity index (χ0) is 12.4. The number of aliphatic hydroxyl groups is 1. The minimum Gasteiger partial charge on any atom is -0.393 e. The fourth-order valence-corrected chi connectivity index (χ4v) is 2.15. The van der Waals surface area contributed by atoms with Crippen LogP contribution in [0.4, 0.5) is 11.8 Å². The third-order valence-electron chi connectivity index (χ3n) is 3.23. The number of hydrogen-bond donors (Lipinski definition) is 3. The number of aromatic nitrogens is 2. The van der Waals surface area contributed by atoms with Gasteiger partial charge in [-0.3, -0.25) is 5.43 Å². The van der Waals surface area contributed by atoms with E-state index in [-0.39, 0.29) is 12.0 Å². The van der Waals surface area contributed by atoms with Gasteiger partial charge in [-0.25, -0.2) is 10.8 Å².